The molecule has 0 saturated heterocycles. The predicted molar refractivity (Wildman–Crippen MR) is 61.0 cm³/mol. The predicted octanol–water partition coefficient (Wildman–Crippen LogP) is 2.08. The molecule has 0 aliphatic heterocycles. The SMILES string of the molecule is Cc1ccnc(C(CC2CCC2)NN)c1. The molecule has 0 radical (unpaired) electrons. The second kappa shape index (κ2) is 4.73. The lowest BCUT2D eigenvalue weighted by Gasteiger charge is -2.29. The highest BCUT2D eigenvalue weighted by atomic mass is 15.2. The van der Waals surface area contributed by atoms with Gasteiger partial charge in [0.05, 0.1) is 11.7 Å². The van der Waals surface area contributed by atoms with Gasteiger partial charge in [0.2, 0.25) is 0 Å². The molecular weight excluding hydrogens is 186 g/mol. The Hall–Kier alpha value is -0.930. The summed E-state index contributed by atoms with van der Waals surface area (Å²) >= 11 is 0. The number of pyridine rings is 1. The van der Waals surface area contributed by atoms with Crippen molar-refractivity contribution in [3.8, 4) is 0 Å². The number of aromatic nitrogens is 1. The monoisotopic (exact) mass is 205 g/mol. The zero-order chi connectivity index (χ0) is 10.7. The zero-order valence-corrected chi connectivity index (χ0v) is 9.24. The lowest BCUT2D eigenvalue weighted by molar-refractivity contribution is 0.260. The molecule has 1 aromatic heterocycles. The van der Waals surface area contributed by atoms with Gasteiger partial charge >= 0.3 is 0 Å². The van der Waals surface area contributed by atoms with E-state index in [1.165, 1.54) is 24.8 Å². The molecule has 3 N–H and O–H groups in total. The molecule has 1 saturated carbocycles. The third-order valence-electron chi connectivity index (χ3n) is 3.29. The van der Waals surface area contributed by atoms with E-state index in [4.69, 9.17) is 5.84 Å². The summed E-state index contributed by atoms with van der Waals surface area (Å²) in [4.78, 5) is 4.38. The van der Waals surface area contributed by atoms with Gasteiger partial charge in [-0.2, -0.15) is 0 Å². The van der Waals surface area contributed by atoms with E-state index >= 15 is 0 Å². The maximum atomic E-state index is 5.59. The summed E-state index contributed by atoms with van der Waals surface area (Å²) < 4.78 is 0. The fraction of sp³-hybridized carbons (Fsp3) is 0.583. The molecule has 15 heavy (non-hydrogen) atoms. The molecule has 1 heterocycles. The highest BCUT2D eigenvalue weighted by Crippen LogP contribution is 2.33. The lowest BCUT2D eigenvalue weighted by atomic mass is 9.80. The standard InChI is InChI=1S/C12H19N3/c1-9-5-6-14-11(7-9)12(15-13)8-10-3-2-4-10/h5-7,10,12,15H,2-4,8,13H2,1H3. The molecule has 3 nitrogen and oxygen atoms in total. The number of aryl methyl sites for hydroxylation is 1. The van der Waals surface area contributed by atoms with Gasteiger partial charge in [-0.3, -0.25) is 16.3 Å². The van der Waals surface area contributed by atoms with Gasteiger partial charge in [0.15, 0.2) is 0 Å². The lowest BCUT2D eigenvalue weighted by Crippen LogP contribution is -2.31. The van der Waals surface area contributed by atoms with E-state index in [1.54, 1.807) is 0 Å². The fourth-order valence-corrected chi connectivity index (χ4v) is 2.09. The second-order valence-corrected chi connectivity index (χ2v) is 4.51. The van der Waals surface area contributed by atoms with Crippen LogP contribution in [0.1, 0.15) is 43.0 Å². The number of nitrogens with zero attached hydrogens (tertiary/aromatic N) is 1. The van der Waals surface area contributed by atoms with Gasteiger partial charge < -0.3 is 0 Å². The van der Waals surface area contributed by atoms with E-state index in [2.05, 4.69) is 23.4 Å². The minimum atomic E-state index is 0.218. The summed E-state index contributed by atoms with van der Waals surface area (Å²) in [7, 11) is 0. The first-order valence-electron chi connectivity index (χ1n) is 5.68. The molecule has 1 aliphatic carbocycles. The van der Waals surface area contributed by atoms with Gasteiger partial charge in [0.1, 0.15) is 0 Å². The van der Waals surface area contributed by atoms with E-state index in [9.17, 15) is 0 Å². The largest absolute Gasteiger partial charge is 0.271 e. The van der Waals surface area contributed by atoms with E-state index in [-0.39, 0.29) is 6.04 Å². The van der Waals surface area contributed by atoms with Crippen LogP contribution in [0.5, 0.6) is 0 Å². The smallest absolute Gasteiger partial charge is 0.0634 e. The fourth-order valence-electron chi connectivity index (χ4n) is 2.09. The van der Waals surface area contributed by atoms with Crippen LogP contribution in [-0.4, -0.2) is 4.98 Å². The van der Waals surface area contributed by atoms with Crippen molar-refractivity contribution in [1.29, 1.82) is 0 Å². The summed E-state index contributed by atoms with van der Waals surface area (Å²) in [5.74, 6) is 6.43. The summed E-state index contributed by atoms with van der Waals surface area (Å²) in [5.41, 5.74) is 5.20. The number of nitrogens with one attached hydrogen (secondary N) is 1. The van der Waals surface area contributed by atoms with Crippen LogP contribution < -0.4 is 11.3 Å². The molecule has 1 atom stereocenters. The van der Waals surface area contributed by atoms with Crippen LogP contribution in [0, 0.1) is 12.8 Å². The maximum absolute atomic E-state index is 5.59. The quantitative estimate of drug-likeness (QED) is 0.584. The molecule has 0 amide bonds. The third kappa shape index (κ3) is 2.55. The van der Waals surface area contributed by atoms with Crippen molar-refractivity contribution in [2.45, 2.75) is 38.6 Å². The molecule has 0 spiro atoms. The average molecular weight is 205 g/mol. The van der Waals surface area contributed by atoms with Crippen LogP contribution >= 0.6 is 0 Å². The first-order valence-corrected chi connectivity index (χ1v) is 5.68. The molecule has 0 bridgehead atoms. The van der Waals surface area contributed by atoms with Crippen molar-refractivity contribution in [2.24, 2.45) is 11.8 Å². The van der Waals surface area contributed by atoms with Crippen molar-refractivity contribution in [2.75, 3.05) is 0 Å². The van der Waals surface area contributed by atoms with Crippen LogP contribution in [0.15, 0.2) is 18.3 Å². The minimum absolute atomic E-state index is 0.218. The minimum Gasteiger partial charge on any atom is -0.271 e. The normalized spacial score (nSPS) is 18.5. The van der Waals surface area contributed by atoms with Crippen LogP contribution in [0.25, 0.3) is 0 Å². The van der Waals surface area contributed by atoms with E-state index < -0.39 is 0 Å². The Morgan fingerprint density at radius 1 is 1.60 bits per heavy atom. The van der Waals surface area contributed by atoms with Gasteiger partial charge in [-0.1, -0.05) is 19.3 Å². The van der Waals surface area contributed by atoms with Gasteiger partial charge in [-0.15, -0.1) is 0 Å². The Kier molecular flexibility index (Phi) is 3.34. The highest BCUT2D eigenvalue weighted by Gasteiger charge is 2.23. The van der Waals surface area contributed by atoms with Crippen LogP contribution in [0.4, 0.5) is 0 Å². The number of nitrogens with two attached hydrogens (primary N) is 1. The molecule has 82 valence electrons. The second-order valence-electron chi connectivity index (χ2n) is 4.51. The van der Waals surface area contributed by atoms with E-state index in [0.29, 0.717) is 0 Å². The van der Waals surface area contributed by atoms with Gasteiger partial charge in [-0.25, -0.2) is 0 Å². The van der Waals surface area contributed by atoms with E-state index in [0.717, 1.165) is 18.0 Å². The van der Waals surface area contributed by atoms with Crippen LogP contribution in [0.2, 0.25) is 0 Å². The molecular formula is C12H19N3. The van der Waals surface area contributed by atoms with Crippen molar-refractivity contribution in [1.82, 2.24) is 10.4 Å². The van der Waals surface area contributed by atoms with Crippen molar-refractivity contribution in [3.05, 3.63) is 29.6 Å². The molecule has 2 rings (SSSR count). The zero-order valence-electron chi connectivity index (χ0n) is 9.24. The van der Waals surface area contributed by atoms with Gasteiger partial charge in [-0.05, 0) is 37.0 Å². The highest BCUT2D eigenvalue weighted by molar-refractivity contribution is 5.17. The Morgan fingerprint density at radius 3 is 2.93 bits per heavy atom. The molecule has 1 aromatic rings. The third-order valence-corrected chi connectivity index (χ3v) is 3.29. The number of hydrogen-bond acceptors (Lipinski definition) is 3. The summed E-state index contributed by atoms with van der Waals surface area (Å²) in [6, 6.07) is 4.35. The van der Waals surface area contributed by atoms with Crippen molar-refractivity contribution < 1.29 is 0 Å². The average Bonchev–Trinajstić information content (AvgIpc) is 2.16. The summed E-state index contributed by atoms with van der Waals surface area (Å²) in [6.07, 6.45) is 7.06. The number of hydrazine groups is 1. The van der Waals surface area contributed by atoms with Gasteiger partial charge in [0, 0.05) is 6.20 Å². The first kappa shape index (κ1) is 10.6. The molecule has 1 unspecified atom stereocenters. The Labute approximate surface area is 91.1 Å². The maximum Gasteiger partial charge on any atom is 0.0634 e. The molecule has 0 aromatic carbocycles. The molecule has 1 fully saturated rings. The summed E-state index contributed by atoms with van der Waals surface area (Å²) in [6.45, 7) is 2.09. The van der Waals surface area contributed by atoms with Gasteiger partial charge in [0.25, 0.3) is 0 Å². The summed E-state index contributed by atoms with van der Waals surface area (Å²) in [5, 5.41) is 0. The van der Waals surface area contributed by atoms with E-state index in [1.807, 2.05) is 12.3 Å². The first-order chi connectivity index (χ1) is 7.29. The topological polar surface area (TPSA) is 50.9 Å². The Balaban J connectivity index is 2.04. The van der Waals surface area contributed by atoms with Crippen LogP contribution in [0.3, 0.4) is 0 Å². The Morgan fingerprint density at radius 2 is 2.40 bits per heavy atom. The van der Waals surface area contributed by atoms with Crippen LogP contribution in [-0.2, 0) is 0 Å². The molecule has 1 aliphatic rings. The Bertz CT molecular complexity index is 320. The van der Waals surface area contributed by atoms with Crippen molar-refractivity contribution in [3.63, 3.8) is 0 Å². The molecule has 3 heteroatoms. The van der Waals surface area contributed by atoms with Crippen molar-refractivity contribution >= 4 is 0 Å². The number of hydrogen-bond donors (Lipinski definition) is 2. The number of rotatable bonds is 4.